The molecule has 0 spiro atoms. The molecule has 1 saturated carbocycles. The van der Waals surface area contributed by atoms with Crippen LogP contribution in [0.4, 0.5) is 0 Å². The van der Waals surface area contributed by atoms with Crippen LogP contribution >= 0.6 is 11.3 Å². The maximum Gasteiger partial charge on any atom is 0.328 e. The lowest BCUT2D eigenvalue weighted by molar-refractivity contribution is -0.131. The Labute approximate surface area is 128 Å². The molecule has 1 amide bonds. The monoisotopic (exact) mass is 308 g/mol. The second-order valence-electron chi connectivity index (χ2n) is 5.56. The largest absolute Gasteiger partial charge is 0.478 e. The van der Waals surface area contributed by atoms with Crippen molar-refractivity contribution in [3.63, 3.8) is 0 Å². The van der Waals surface area contributed by atoms with Crippen molar-refractivity contribution in [3.05, 3.63) is 28.0 Å². The van der Waals surface area contributed by atoms with E-state index < -0.39 is 5.97 Å². The van der Waals surface area contributed by atoms with Crippen LogP contribution in [-0.2, 0) is 4.79 Å². The van der Waals surface area contributed by atoms with E-state index in [1.54, 1.807) is 11.4 Å². The van der Waals surface area contributed by atoms with Crippen molar-refractivity contribution in [1.82, 2.24) is 10.2 Å². The molecule has 0 bridgehead atoms. The van der Waals surface area contributed by atoms with Crippen molar-refractivity contribution < 1.29 is 14.7 Å². The number of likely N-dealkylation sites (N-methyl/N-ethyl adjacent to an activating group) is 1. The van der Waals surface area contributed by atoms with Crippen molar-refractivity contribution in [1.29, 1.82) is 0 Å². The number of aliphatic carboxylic acids is 1. The zero-order chi connectivity index (χ0) is 15.5. The number of amides is 1. The number of carboxylic acids is 1. The predicted molar refractivity (Wildman–Crippen MR) is 83.6 cm³/mol. The Morgan fingerprint density at radius 2 is 2.19 bits per heavy atom. The molecule has 2 N–H and O–H groups in total. The van der Waals surface area contributed by atoms with E-state index in [2.05, 4.69) is 10.2 Å². The van der Waals surface area contributed by atoms with Crippen LogP contribution in [0.2, 0.25) is 0 Å². The van der Waals surface area contributed by atoms with Crippen LogP contribution in [0.25, 0.3) is 6.08 Å². The number of carbonyl (C=O) groups excluding carboxylic acids is 1. The molecule has 2 rings (SSSR count). The van der Waals surface area contributed by atoms with E-state index in [1.807, 2.05) is 14.1 Å². The van der Waals surface area contributed by atoms with Crippen molar-refractivity contribution in [2.24, 2.45) is 0 Å². The molecule has 0 radical (unpaired) electrons. The van der Waals surface area contributed by atoms with Gasteiger partial charge >= 0.3 is 5.97 Å². The van der Waals surface area contributed by atoms with Gasteiger partial charge in [-0.15, -0.1) is 11.3 Å². The summed E-state index contributed by atoms with van der Waals surface area (Å²) in [6.07, 6.45) is 5.99. The Balaban J connectivity index is 1.93. The number of hydrogen-bond donors (Lipinski definition) is 2. The van der Waals surface area contributed by atoms with Crippen LogP contribution in [0, 0.1) is 0 Å². The van der Waals surface area contributed by atoms with Crippen LogP contribution < -0.4 is 5.32 Å². The first kappa shape index (κ1) is 15.7. The van der Waals surface area contributed by atoms with Gasteiger partial charge in [-0.05, 0) is 45.5 Å². The molecule has 0 saturated heterocycles. The van der Waals surface area contributed by atoms with Gasteiger partial charge < -0.3 is 15.3 Å². The molecule has 1 aromatic heterocycles. The second-order valence-corrected chi connectivity index (χ2v) is 6.51. The number of carbonyl (C=O) groups is 2. The first-order chi connectivity index (χ1) is 9.93. The highest BCUT2D eigenvalue weighted by atomic mass is 32.1. The lowest BCUT2D eigenvalue weighted by atomic mass is 9.75. The number of thiophene rings is 1. The van der Waals surface area contributed by atoms with Crippen molar-refractivity contribution in [2.75, 3.05) is 20.6 Å². The minimum absolute atomic E-state index is 0.0950. The quantitative estimate of drug-likeness (QED) is 0.789. The third-order valence-corrected chi connectivity index (χ3v) is 4.98. The number of carboxylic acid groups (broad SMARTS) is 1. The first-order valence-corrected chi connectivity index (χ1v) is 7.76. The van der Waals surface area contributed by atoms with Crippen LogP contribution in [0.5, 0.6) is 0 Å². The van der Waals surface area contributed by atoms with Gasteiger partial charge in [0.25, 0.3) is 5.91 Å². The van der Waals surface area contributed by atoms with Gasteiger partial charge in [-0.2, -0.15) is 0 Å². The van der Waals surface area contributed by atoms with E-state index >= 15 is 0 Å². The molecule has 0 aliphatic heterocycles. The average molecular weight is 308 g/mol. The molecule has 0 aromatic carbocycles. The molecule has 21 heavy (non-hydrogen) atoms. The minimum Gasteiger partial charge on any atom is -0.478 e. The second kappa shape index (κ2) is 6.41. The molecule has 1 fully saturated rings. The summed E-state index contributed by atoms with van der Waals surface area (Å²) in [5.41, 5.74) is 0.677. The van der Waals surface area contributed by atoms with Crippen molar-refractivity contribution in [3.8, 4) is 0 Å². The first-order valence-electron chi connectivity index (χ1n) is 6.88. The summed E-state index contributed by atoms with van der Waals surface area (Å²) in [5, 5.41) is 13.3. The summed E-state index contributed by atoms with van der Waals surface area (Å²) < 4.78 is 0. The standard InChI is InChI=1S/C15H20N2O3S/c1-17(2)15(6-3-7-15)10-16-14(20)11-8-12(21-9-11)4-5-13(18)19/h4-5,8-9H,3,6-7,10H2,1-2H3,(H,16,20)(H,18,19)/b5-4+. The van der Waals surface area contributed by atoms with E-state index in [0.717, 1.165) is 23.8 Å². The molecule has 0 unspecified atom stereocenters. The van der Waals surface area contributed by atoms with E-state index in [0.29, 0.717) is 12.1 Å². The summed E-state index contributed by atoms with van der Waals surface area (Å²) in [6.45, 7) is 0.648. The maximum atomic E-state index is 12.1. The number of hydrogen-bond acceptors (Lipinski definition) is 4. The average Bonchev–Trinajstić information content (AvgIpc) is 2.83. The van der Waals surface area contributed by atoms with Gasteiger partial charge in [0, 0.05) is 28.4 Å². The smallest absolute Gasteiger partial charge is 0.328 e. The third kappa shape index (κ3) is 3.71. The Bertz CT molecular complexity index is 559. The Kier molecular flexibility index (Phi) is 4.80. The molecule has 1 aromatic rings. The molecule has 6 heteroatoms. The highest BCUT2D eigenvalue weighted by molar-refractivity contribution is 7.11. The summed E-state index contributed by atoms with van der Waals surface area (Å²) in [5.74, 6) is -1.10. The summed E-state index contributed by atoms with van der Waals surface area (Å²) in [7, 11) is 4.09. The van der Waals surface area contributed by atoms with Crippen LogP contribution in [0.3, 0.4) is 0 Å². The fraction of sp³-hybridized carbons (Fsp3) is 0.467. The molecule has 1 aliphatic carbocycles. The fourth-order valence-electron chi connectivity index (χ4n) is 2.43. The van der Waals surface area contributed by atoms with Gasteiger partial charge in [-0.1, -0.05) is 0 Å². The zero-order valence-electron chi connectivity index (χ0n) is 12.3. The van der Waals surface area contributed by atoms with E-state index in [1.165, 1.54) is 23.8 Å². The fourth-order valence-corrected chi connectivity index (χ4v) is 3.21. The van der Waals surface area contributed by atoms with Gasteiger partial charge in [0.15, 0.2) is 0 Å². The minimum atomic E-state index is -0.993. The van der Waals surface area contributed by atoms with Crippen LogP contribution in [0.1, 0.15) is 34.5 Å². The SMILES string of the molecule is CN(C)C1(CNC(=O)c2csc(/C=C/C(=O)O)c2)CCC1. The summed E-state index contributed by atoms with van der Waals surface area (Å²) in [6, 6.07) is 1.71. The Morgan fingerprint density at radius 1 is 1.48 bits per heavy atom. The highest BCUT2D eigenvalue weighted by Gasteiger charge is 2.39. The summed E-state index contributed by atoms with van der Waals surface area (Å²) in [4.78, 5) is 25.5. The van der Waals surface area contributed by atoms with Gasteiger partial charge in [0.05, 0.1) is 5.56 Å². The number of rotatable bonds is 6. The Morgan fingerprint density at radius 3 is 2.71 bits per heavy atom. The van der Waals surface area contributed by atoms with Gasteiger partial charge in [-0.3, -0.25) is 4.79 Å². The lowest BCUT2D eigenvalue weighted by Crippen LogP contribution is -2.57. The zero-order valence-corrected chi connectivity index (χ0v) is 13.1. The maximum absolute atomic E-state index is 12.1. The third-order valence-electron chi connectivity index (χ3n) is 4.08. The van der Waals surface area contributed by atoms with Crippen LogP contribution in [0.15, 0.2) is 17.5 Å². The van der Waals surface area contributed by atoms with Crippen molar-refractivity contribution in [2.45, 2.75) is 24.8 Å². The van der Waals surface area contributed by atoms with Gasteiger partial charge in [0.1, 0.15) is 0 Å². The van der Waals surface area contributed by atoms with E-state index in [4.69, 9.17) is 5.11 Å². The van der Waals surface area contributed by atoms with Crippen LogP contribution in [-0.4, -0.2) is 48.1 Å². The summed E-state index contributed by atoms with van der Waals surface area (Å²) >= 11 is 1.36. The number of nitrogens with one attached hydrogen (secondary N) is 1. The Hall–Kier alpha value is -1.66. The molecule has 0 atom stereocenters. The molecule has 1 aliphatic rings. The van der Waals surface area contributed by atoms with Gasteiger partial charge in [0.2, 0.25) is 0 Å². The van der Waals surface area contributed by atoms with Gasteiger partial charge in [-0.25, -0.2) is 4.79 Å². The number of nitrogens with zero attached hydrogens (tertiary/aromatic N) is 1. The van der Waals surface area contributed by atoms with E-state index in [-0.39, 0.29) is 11.4 Å². The lowest BCUT2D eigenvalue weighted by Gasteiger charge is -2.47. The highest BCUT2D eigenvalue weighted by Crippen LogP contribution is 2.35. The van der Waals surface area contributed by atoms with E-state index in [9.17, 15) is 9.59 Å². The molecular formula is C15H20N2O3S. The molecule has 114 valence electrons. The molecule has 1 heterocycles. The molecular weight excluding hydrogens is 288 g/mol. The topological polar surface area (TPSA) is 69.6 Å². The predicted octanol–water partition coefficient (Wildman–Crippen LogP) is 2.06. The van der Waals surface area contributed by atoms with Crippen molar-refractivity contribution >= 4 is 29.3 Å². The molecule has 5 nitrogen and oxygen atoms in total. The normalized spacial score (nSPS) is 16.9.